The first-order chi connectivity index (χ1) is 11.3. The summed E-state index contributed by atoms with van der Waals surface area (Å²) in [4.78, 5) is 15.8. The fraction of sp³-hybridized carbons (Fsp3) is 0.643. The number of nitrogens with two attached hydrogens (primary N) is 1. The molecule has 0 radical (unpaired) electrons. The molecular formula is C14H20N4O6. The number of nitrogens with zero attached hydrogens (tertiary/aromatic N) is 3. The van der Waals surface area contributed by atoms with Crippen LogP contribution in [-0.2, 0) is 9.53 Å². The van der Waals surface area contributed by atoms with E-state index in [2.05, 4.69) is 4.99 Å². The second-order valence-electron chi connectivity index (χ2n) is 5.70. The molecule has 6 N–H and O–H groups in total. The number of aliphatic hydroxyl groups is 3. The van der Waals surface area contributed by atoms with Crippen LogP contribution in [0.3, 0.4) is 0 Å². The number of aliphatic imine (C=N–C) groups is 1. The Balaban J connectivity index is 2.28. The molecule has 1 fully saturated rings. The second-order valence-corrected chi connectivity index (χ2v) is 5.70. The molecule has 10 heteroatoms. The third-order valence-corrected chi connectivity index (χ3v) is 4.26. The van der Waals surface area contributed by atoms with Crippen LogP contribution in [0.1, 0.15) is 19.8 Å². The van der Waals surface area contributed by atoms with Crippen molar-refractivity contribution < 1.29 is 30.0 Å². The van der Waals surface area contributed by atoms with Crippen molar-refractivity contribution >= 4 is 11.8 Å². The van der Waals surface area contributed by atoms with Gasteiger partial charge in [-0.05, 0) is 18.9 Å². The van der Waals surface area contributed by atoms with Gasteiger partial charge in [0.2, 0.25) is 6.35 Å². The zero-order valence-electron chi connectivity index (χ0n) is 13.0. The van der Waals surface area contributed by atoms with Gasteiger partial charge in [0.25, 0.3) is 5.72 Å². The van der Waals surface area contributed by atoms with Crippen molar-refractivity contribution in [1.82, 2.24) is 4.90 Å². The lowest BCUT2D eigenvalue weighted by Gasteiger charge is -2.39. The molecule has 0 aromatic rings. The molecule has 24 heavy (non-hydrogen) atoms. The maximum atomic E-state index is 11.2. The first-order valence-corrected chi connectivity index (χ1v) is 7.42. The highest BCUT2D eigenvalue weighted by Gasteiger charge is 2.59. The standard InChI is InChI=1S/C14H20N4O6/c1-2-7(12(21)22)5-8-10(19)11(20)14(6-15,24-8)18-4-3-9(16)17-13(18)23/h3-4,7-8,10-11,13,19-20,23H,2,5H2,1H3,(H2,16,17)(H,21,22)/t7?,8-,10-,11+,13?,14-/m1/s1. The largest absolute Gasteiger partial charge is 0.481 e. The maximum absolute atomic E-state index is 11.2. The Bertz CT molecular complexity index is 603. The molecule has 132 valence electrons. The lowest BCUT2D eigenvalue weighted by atomic mass is 9.94. The minimum Gasteiger partial charge on any atom is -0.481 e. The van der Waals surface area contributed by atoms with E-state index >= 15 is 0 Å². The smallest absolute Gasteiger partial charge is 0.306 e. The summed E-state index contributed by atoms with van der Waals surface area (Å²) in [7, 11) is 0. The van der Waals surface area contributed by atoms with Crippen LogP contribution in [0.5, 0.6) is 0 Å². The van der Waals surface area contributed by atoms with Gasteiger partial charge in [0.15, 0.2) is 0 Å². The van der Waals surface area contributed by atoms with E-state index in [1.165, 1.54) is 12.3 Å². The number of amidine groups is 1. The molecule has 0 spiro atoms. The van der Waals surface area contributed by atoms with Crippen LogP contribution in [0.4, 0.5) is 0 Å². The molecule has 1 saturated heterocycles. The van der Waals surface area contributed by atoms with E-state index in [1.807, 2.05) is 0 Å². The number of hydrogen-bond acceptors (Lipinski definition) is 9. The number of ether oxygens (including phenoxy) is 1. The van der Waals surface area contributed by atoms with Crippen molar-refractivity contribution in [2.45, 2.75) is 50.2 Å². The Morgan fingerprint density at radius 1 is 1.58 bits per heavy atom. The van der Waals surface area contributed by atoms with Gasteiger partial charge in [0.05, 0.1) is 12.0 Å². The first kappa shape index (κ1) is 18.2. The summed E-state index contributed by atoms with van der Waals surface area (Å²) in [5.74, 6) is -1.84. The molecule has 0 aliphatic carbocycles. The van der Waals surface area contributed by atoms with E-state index in [0.29, 0.717) is 6.42 Å². The van der Waals surface area contributed by atoms with Crippen LogP contribution in [0, 0.1) is 17.2 Å². The van der Waals surface area contributed by atoms with Gasteiger partial charge >= 0.3 is 5.97 Å². The van der Waals surface area contributed by atoms with Gasteiger partial charge in [-0.2, -0.15) is 5.26 Å². The molecule has 6 atom stereocenters. The Morgan fingerprint density at radius 2 is 2.25 bits per heavy atom. The predicted molar refractivity (Wildman–Crippen MR) is 79.9 cm³/mol. The summed E-state index contributed by atoms with van der Waals surface area (Å²) >= 11 is 0. The highest BCUT2D eigenvalue weighted by atomic mass is 16.6. The van der Waals surface area contributed by atoms with Crippen molar-refractivity contribution in [2.24, 2.45) is 16.6 Å². The number of carboxylic acids is 1. The molecule has 2 rings (SSSR count). The molecule has 0 aromatic heterocycles. The Kier molecular flexibility index (Phi) is 5.10. The quantitative estimate of drug-likeness (QED) is 0.390. The molecule has 2 aliphatic rings. The minimum atomic E-state index is -2.11. The summed E-state index contributed by atoms with van der Waals surface area (Å²) in [6.45, 7) is 1.67. The number of carbonyl (C=O) groups is 1. The Labute approximate surface area is 138 Å². The second kappa shape index (κ2) is 6.74. The van der Waals surface area contributed by atoms with Crippen molar-refractivity contribution in [3.63, 3.8) is 0 Å². The van der Waals surface area contributed by atoms with E-state index in [0.717, 1.165) is 4.90 Å². The van der Waals surface area contributed by atoms with Gasteiger partial charge in [0, 0.05) is 6.20 Å². The lowest BCUT2D eigenvalue weighted by Crippen LogP contribution is -2.58. The fourth-order valence-electron chi connectivity index (χ4n) is 2.83. The van der Waals surface area contributed by atoms with Gasteiger partial charge in [-0.25, -0.2) is 4.99 Å². The highest BCUT2D eigenvalue weighted by molar-refractivity contribution is 5.91. The van der Waals surface area contributed by atoms with Gasteiger partial charge in [-0.3, -0.25) is 9.69 Å². The van der Waals surface area contributed by atoms with Gasteiger partial charge in [-0.15, -0.1) is 0 Å². The fourth-order valence-corrected chi connectivity index (χ4v) is 2.83. The van der Waals surface area contributed by atoms with Crippen LogP contribution < -0.4 is 5.73 Å². The Morgan fingerprint density at radius 3 is 2.75 bits per heavy atom. The lowest BCUT2D eigenvalue weighted by molar-refractivity contribution is -0.175. The summed E-state index contributed by atoms with van der Waals surface area (Å²) in [5.41, 5.74) is 3.34. The maximum Gasteiger partial charge on any atom is 0.306 e. The zero-order chi connectivity index (χ0) is 18.1. The third kappa shape index (κ3) is 2.94. The predicted octanol–water partition coefficient (Wildman–Crippen LogP) is -1.71. The van der Waals surface area contributed by atoms with Gasteiger partial charge < -0.3 is 30.9 Å². The van der Waals surface area contributed by atoms with Crippen LogP contribution in [0.15, 0.2) is 17.3 Å². The van der Waals surface area contributed by atoms with E-state index in [9.17, 15) is 25.4 Å². The normalized spacial score (nSPS) is 37.0. The molecular weight excluding hydrogens is 320 g/mol. The zero-order valence-corrected chi connectivity index (χ0v) is 13.0. The average molecular weight is 340 g/mol. The molecule has 0 saturated carbocycles. The third-order valence-electron chi connectivity index (χ3n) is 4.26. The number of aliphatic hydroxyl groups excluding tert-OH is 3. The molecule has 10 nitrogen and oxygen atoms in total. The number of aliphatic carboxylic acids is 1. The molecule has 2 heterocycles. The van der Waals surface area contributed by atoms with E-state index in [1.54, 1.807) is 13.0 Å². The van der Waals surface area contributed by atoms with Crippen LogP contribution >= 0.6 is 0 Å². The minimum absolute atomic E-state index is 0.0216. The van der Waals surface area contributed by atoms with E-state index in [4.69, 9.17) is 15.6 Å². The van der Waals surface area contributed by atoms with Crippen LogP contribution in [0.2, 0.25) is 0 Å². The van der Waals surface area contributed by atoms with E-state index in [-0.39, 0.29) is 12.3 Å². The average Bonchev–Trinajstić information content (AvgIpc) is 2.77. The number of nitriles is 1. The van der Waals surface area contributed by atoms with Crippen LogP contribution in [-0.4, -0.2) is 67.5 Å². The van der Waals surface area contributed by atoms with Crippen LogP contribution in [0.25, 0.3) is 0 Å². The molecule has 2 aliphatic heterocycles. The van der Waals surface area contributed by atoms with Gasteiger partial charge in [0.1, 0.15) is 24.1 Å². The summed E-state index contributed by atoms with van der Waals surface area (Å²) in [6.07, 6.45) is -3.15. The topological polar surface area (TPSA) is 173 Å². The first-order valence-electron chi connectivity index (χ1n) is 7.42. The number of carboxylic acid groups (broad SMARTS) is 1. The molecule has 0 amide bonds. The van der Waals surface area contributed by atoms with Crippen molar-refractivity contribution in [3.8, 4) is 6.07 Å². The summed E-state index contributed by atoms with van der Waals surface area (Å²) in [5, 5.41) is 49.2. The van der Waals surface area contributed by atoms with Crippen molar-refractivity contribution in [2.75, 3.05) is 0 Å². The van der Waals surface area contributed by atoms with Gasteiger partial charge in [-0.1, -0.05) is 6.92 Å². The molecule has 2 unspecified atom stereocenters. The van der Waals surface area contributed by atoms with Crippen molar-refractivity contribution in [3.05, 3.63) is 12.3 Å². The number of rotatable bonds is 5. The molecule has 0 aromatic carbocycles. The summed E-state index contributed by atoms with van der Waals surface area (Å²) < 4.78 is 5.53. The highest BCUT2D eigenvalue weighted by Crippen LogP contribution is 2.38. The van der Waals surface area contributed by atoms with E-state index < -0.39 is 42.3 Å². The SMILES string of the molecule is CCC(C[C@H]1O[C@@](C#N)(N2C=CC(N)=NC2O)[C@@H](O)[C@@H]1O)C(=O)O. The molecule has 0 bridgehead atoms. The van der Waals surface area contributed by atoms with Crippen molar-refractivity contribution in [1.29, 1.82) is 5.26 Å². The monoisotopic (exact) mass is 340 g/mol. The summed E-state index contributed by atoms with van der Waals surface area (Å²) in [6, 6.07) is 1.75. The Hall–Kier alpha value is -2.19. The number of hydrogen-bond donors (Lipinski definition) is 5.